The number of hydrogen-bond acceptors (Lipinski definition) is 4. The third-order valence-corrected chi connectivity index (χ3v) is 8.17. The van der Waals surface area contributed by atoms with Crippen molar-refractivity contribution in [2.45, 2.75) is 37.8 Å². The molecule has 0 aliphatic carbocycles. The van der Waals surface area contributed by atoms with E-state index in [2.05, 4.69) is 5.32 Å². The van der Waals surface area contributed by atoms with Crippen molar-refractivity contribution in [1.29, 1.82) is 0 Å². The zero-order valence-corrected chi connectivity index (χ0v) is 22.9. The summed E-state index contributed by atoms with van der Waals surface area (Å²) < 4.78 is 28.4. The van der Waals surface area contributed by atoms with E-state index in [4.69, 9.17) is 23.2 Å². The first-order chi connectivity index (χ1) is 17.7. The lowest BCUT2D eigenvalue weighted by molar-refractivity contribution is -0.140. The van der Waals surface area contributed by atoms with Gasteiger partial charge in [0, 0.05) is 23.1 Å². The lowest BCUT2D eigenvalue weighted by atomic mass is 10.1. The van der Waals surface area contributed by atoms with E-state index in [1.807, 2.05) is 0 Å². The van der Waals surface area contributed by atoms with Crippen molar-refractivity contribution in [2.24, 2.45) is 0 Å². The van der Waals surface area contributed by atoms with E-state index in [1.165, 1.54) is 29.2 Å². The van der Waals surface area contributed by atoms with Crippen LogP contribution in [-0.2, 0) is 26.2 Å². The number of carbonyl (C=O) groups excluding carboxylic acids is 2. The molecule has 0 unspecified atom stereocenters. The van der Waals surface area contributed by atoms with Gasteiger partial charge in [-0.3, -0.25) is 13.9 Å². The van der Waals surface area contributed by atoms with Gasteiger partial charge in [0.2, 0.25) is 11.8 Å². The summed E-state index contributed by atoms with van der Waals surface area (Å²) in [5.74, 6) is -0.864. The maximum Gasteiger partial charge on any atom is 0.264 e. The maximum absolute atomic E-state index is 13.9. The average molecular weight is 563 g/mol. The largest absolute Gasteiger partial charge is 0.355 e. The van der Waals surface area contributed by atoms with Crippen molar-refractivity contribution >= 4 is 50.7 Å². The fourth-order valence-electron chi connectivity index (χ4n) is 3.88. The van der Waals surface area contributed by atoms with Crippen LogP contribution < -0.4 is 9.62 Å². The van der Waals surface area contributed by atoms with Crippen molar-refractivity contribution in [3.8, 4) is 0 Å². The first-order valence-electron chi connectivity index (χ1n) is 11.8. The molecule has 1 N–H and O–H groups in total. The molecule has 0 fully saturated rings. The van der Waals surface area contributed by atoms with Crippen LogP contribution in [-0.4, -0.2) is 44.3 Å². The average Bonchev–Trinajstić information content (AvgIpc) is 2.89. The van der Waals surface area contributed by atoms with Gasteiger partial charge < -0.3 is 10.2 Å². The van der Waals surface area contributed by atoms with Crippen molar-refractivity contribution in [1.82, 2.24) is 10.2 Å². The van der Waals surface area contributed by atoms with Crippen molar-refractivity contribution < 1.29 is 18.0 Å². The highest BCUT2D eigenvalue weighted by molar-refractivity contribution is 7.92. The summed E-state index contributed by atoms with van der Waals surface area (Å²) in [6.45, 7) is 3.50. The molecule has 0 aliphatic rings. The number of para-hydroxylation sites is 1. The van der Waals surface area contributed by atoms with Crippen LogP contribution in [0.15, 0.2) is 83.8 Å². The number of hydrogen-bond donors (Lipinski definition) is 1. The Bertz CT molecular complexity index is 1320. The summed E-state index contributed by atoms with van der Waals surface area (Å²) in [7, 11) is -4.14. The third kappa shape index (κ3) is 7.03. The third-order valence-electron chi connectivity index (χ3n) is 5.76. The lowest BCUT2D eigenvalue weighted by Crippen LogP contribution is -2.52. The number of halogens is 2. The molecule has 3 aromatic rings. The second kappa shape index (κ2) is 12.9. The minimum Gasteiger partial charge on any atom is -0.355 e. The van der Waals surface area contributed by atoms with E-state index < -0.39 is 28.5 Å². The molecule has 0 heterocycles. The zero-order chi connectivity index (χ0) is 27.0. The van der Waals surface area contributed by atoms with Crippen LogP contribution in [0.5, 0.6) is 0 Å². The van der Waals surface area contributed by atoms with Crippen LogP contribution in [0.3, 0.4) is 0 Å². The van der Waals surface area contributed by atoms with Gasteiger partial charge >= 0.3 is 0 Å². The SMILES string of the molecule is CCNC(=O)[C@@H](CC)N(Cc1ccccc1Cl)C(=O)CN(c1ccccc1)S(=O)(=O)c1ccc(Cl)cc1. The van der Waals surface area contributed by atoms with Crippen LogP contribution in [0, 0.1) is 0 Å². The molecule has 37 heavy (non-hydrogen) atoms. The normalized spacial score (nSPS) is 12.0. The van der Waals surface area contributed by atoms with Gasteiger partial charge in [0.05, 0.1) is 10.6 Å². The van der Waals surface area contributed by atoms with E-state index >= 15 is 0 Å². The summed E-state index contributed by atoms with van der Waals surface area (Å²) in [4.78, 5) is 28.2. The Morgan fingerprint density at radius 3 is 2.11 bits per heavy atom. The Kier molecular flexibility index (Phi) is 9.97. The maximum atomic E-state index is 13.9. The number of nitrogens with one attached hydrogen (secondary N) is 1. The number of benzene rings is 3. The number of anilines is 1. The van der Waals surface area contributed by atoms with Crippen molar-refractivity contribution in [3.05, 3.63) is 94.5 Å². The van der Waals surface area contributed by atoms with Gasteiger partial charge in [-0.1, -0.05) is 66.5 Å². The van der Waals surface area contributed by atoms with Gasteiger partial charge in [-0.05, 0) is 61.4 Å². The summed E-state index contributed by atoms with van der Waals surface area (Å²) in [5, 5.41) is 3.60. The highest BCUT2D eigenvalue weighted by Gasteiger charge is 2.33. The van der Waals surface area contributed by atoms with Crippen LogP contribution in [0.25, 0.3) is 0 Å². The van der Waals surface area contributed by atoms with E-state index in [0.717, 1.165) is 4.31 Å². The fraction of sp³-hybridized carbons (Fsp3) is 0.259. The lowest BCUT2D eigenvalue weighted by Gasteiger charge is -2.33. The van der Waals surface area contributed by atoms with Gasteiger partial charge in [0.1, 0.15) is 12.6 Å². The Morgan fingerprint density at radius 2 is 1.51 bits per heavy atom. The molecule has 0 radical (unpaired) electrons. The molecule has 0 aromatic heterocycles. The van der Waals surface area contributed by atoms with Crippen molar-refractivity contribution in [2.75, 3.05) is 17.4 Å². The van der Waals surface area contributed by atoms with Gasteiger partial charge in [-0.15, -0.1) is 0 Å². The fourth-order valence-corrected chi connectivity index (χ4v) is 5.61. The highest BCUT2D eigenvalue weighted by atomic mass is 35.5. The molecule has 1 atom stereocenters. The quantitative estimate of drug-likeness (QED) is 0.351. The second-order valence-electron chi connectivity index (χ2n) is 8.23. The van der Waals surface area contributed by atoms with Crippen molar-refractivity contribution in [3.63, 3.8) is 0 Å². The summed E-state index contributed by atoms with van der Waals surface area (Å²) >= 11 is 12.3. The highest BCUT2D eigenvalue weighted by Crippen LogP contribution is 2.26. The zero-order valence-electron chi connectivity index (χ0n) is 20.6. The Balaban J connectivity index is 2.04. The Labute approximate surface area is 228 Å². The predicted molar refractivity (Wildman–Crippen MR) is 147 cm³/mol. The second-order valence-corrected chi connectivity index (χ2v) is 10.9. The van der Waals surface area contributed by atoms with Gasteiger partial charge in [-0.25, -0.2) is 8.42 Å². The van der Waals surface area contributed by atoms with Crippen LogP contribution >= 0.6 is 23.2 Å². The van der Waals surface area contributed by atoms with E-state index in [-0.39, 0.29) is 17.3 Å². The van der Waals surface area contributed by atoms with E-state index in [1.54, 1.807) is 68.4 Å². The number of likely N-dealkylation sites (N-methyl/N-ethyl adjacent to an activating group) is 1. The first kappa shape index (κ1) is 28.5. The van der Waals surface area contributed by atoms with Gasteiger partial charge in [0.15, 0.2) is 0 Å². The molecule has 0 saturated carbocycles. The smallest absolute Gasteiger partial charge is 0.264 e. The molecule has 0 bridgehead atoms. The van der Waals surface area contributed by atoms with Gasteiger partial charge in [0.25, 0.3) is 10.0 Å². The number of sulfonamides is 1. The number of rotatable bonds is 11. The molecule has 10 heteroatoms. The monoisotopic (exact) mass is 561 g/mol. The summed E-state index contributed by atoms with van der Waals surface area (Å²) in [5.41, 5.74) is 0.960. The molecule has 0 saturated heterocycles. The molecule has 3 rings (SSSR count). The predicted octanol–water partition coefficient (Wildman–Crippen LogP) is 5.13. The Morgan fingerprint density at radius 1 is 0.892 bits per heavy atom. The summed E-state index contributed by atoms with van der Waals surface area (Å²) in [6, 6.07) is 20.3. The molecule has 7 nitrogen and oxygen atoms in total. The number of amides is 2. The molecule has 196 valence electrons. The van der Waals surface area contributed by atoms with Crippen LogP contribution in [0.4, 0.5) is 5.69 Å². The molecule has 0 spiro atoms. The minimum atomic E-state index is -4.14. The molecule has 2 amide bonds. The van der Waals surface area contributed by atoms with E-state index in [9.17, 15) is 18.0 Å². The van der Waals surface area contributed by atoms with Crippen LogP contribution in [0.1, 0.15) is 25.8 Å². The molecule has 0 aliphatic heterocycles. The summed E-state index contributed by atoms with van der Waals surface area (Å²) in [6.07, 6.45) is 0.331. The first-order valence-corrected chi connectivity index (χ1v) is 14.0. The number of nitrogens with zero attached hydrogens (tertiary/aromatic N) is 2. The van der Waals surface area contributed by atoms with Crippen LogP contribution in [0.2, 0.25) is 10.0 Å². The number of carbonyl (C=O) groups is 2. The van der Waals surface area contributed by atoms with Gasteiger partial charge in [-0.2, -0.15) is 0 Å². The molecule has 3 aromatic carbocycles. The Hall–Kier alpha value is -3.07. The minimum absolute atomic E-state index is 0.0121. The topological polar surface area (TPSA) is 86.8 Å². The molecular weight excluding hydrogens is 533 g/mol. The molecular formula is C27H29Cl2N3O4S. The standard InChI is InChI=1S/C27H29Cl2N3O4S/c1-3-25(27(34)30-4-2)31(18-20-10-8-9-13-24(20)29)26(33)19-32(22-11-6-5-7-12-22)37(35,36)23-16-14-21(28)15-17-23/h5-17,25H,3-4,18-19H2,1-2H3,(H,30,34)/t25-/m1/s1. The van der Waals surface area contributed by atoms with E-state index in [0.29, 0.717) is 34.3 Å².